The van der Waals surface area contributed by atoms with Gasteiger partial charge in [-0.25, -0.2) is 0 Å². The van der Waals surface area contributed by atoms with Crippen molar-refractivity contribution in [3.05, 3.63) is 24.3 Å². The van der Waals surface area contributed by atoms with Gasteiger partial charge >= 0.3 is 0 Å². The Kier molecular flexibility index (Phi) is 8.62. The van der Waals surface area contributed by atoms with Crippen LogP contribution in [0.5, 0.6) is 0 Å². The summed E-state index contributed by atoms with van der Waals surface area (Å²) in [5.41, 5.74) is 1.87. The van der Waals surface area contributed by atoms with Gasteiger partial charge in [-0.05, 0) is 56.9 Å². The average Bonchev–Trinajstić information content (AvgIpc) is 2.53. The number of amides is 2. The number of anilines is 2. The molecule has 0 spiro atoms. The zero-order chi connectivity index (χ0) is 19.9. The summed E-state index contributed by atoms with van der Waals surface area (Å²) in [7, 11) is 0. The molecular weight excluding hydrogens is 326 g/mol. The third kappa shape index (κ3) is 6.70. The SMILES string of the molecule is CCN(c1ccc(NC(=O)C(NC(=O)CC(C)C)C(C)C)cc1)C(C)C. The number of hydrogen-bond acceptors (Lipinski definition) is 3. The summed E-state index contributed by atoms with van der Waals surface area (Å²) in [6.45, 7) is 15.2. The molecule has 2 N–H and O–H groups in total. The smallest absolute Gasteiger partial charge is 0.247 e. The van der Waals surface area contributed by atoms with Gasteiger partial charge in [0.25, 0.3) is 0 Å². The molecule has 1 atom stereocenters. The van der Waals surface area contributed by atoms with Crippen LogP contribution < -0.4 is 15.5 Å². The maximum absolute atomic E-state index is 12.6. The molecule has 146 valence electrons. The molecule has 1 aromatic rings. The van der Waals surface area contributed by atoms with Crippen LogP contribution in [0.4, 0.5) is 11.4 Å². The minimum Gasteiger partial charge on any atom is -0.369 e. The van der Waals surface area contributed by atoms with Gasteiger partial charge in [0, 0.05) is 30.4 Å². The number of carbonyl (C=O) groups excluding carboxylic acids is 2. The Morgan fingerprint density at radius 2 is 1.58 bits per heavy atom. The van der Waals surface area contributed by atoms with Crippen LogP contribution in [0.15, 0.2) is 24.3 Å². The Bertz CT molecular complexity index is 579. The minimum atomic E-state index is -0.538. The van der Waals surface area contributed by atoms with Crippen LogP contribution in [-0.4, -0.2) is 30.4 Å². The summed E-state index contributed by atoms with van der Waals surface area (Å²) < 4.78 is 0. The van der Waals surface area contributed by atoms with Crippen molar-refractivity contribution in [2.24, 2.45) is 11.8 Å². The molecule has 0 aliphatic rings. The van der Waals surface area contributed by atoms with Crippen LogP contribution in [0.25, 0.3) is 0 Å². The molecule has 26 heavy (non-hydrogen) atoms. The van der Waals surface area contributed by atoms with E-state index in [1.165, 1.54) is 0 Å². The quantitative estimate of drug-likeness (QED) is 0.697. The summed E-state index contributed by atoms with van der Waals surface area (Å²) in [6.07, 6.45) is 0.424. The highest BCUT2D eigenvalue weighted by Crippen LogP contribution is 2.20. The first-order valence-corrected chi connectivity index (χ1v) is 9.62. The van der Waals surface area contributed by atoms with E-state index in [2.05, 4.69) is 36.3 Å². The highest BCUT2D eigenvalue weighted by atomic mass is 16.2. The van der Waals surface area contributed by atoms with Gasteiger partial charge in [0.1, 0.15) is 6.04 Å². The normalized spacial score (nSPS) is 12.4. The van der Waals surface area contributed by atoms with E-state index in [0.29, 0.717) is 12.5 Å². The van der Waals surface area contributed by atoms with Gasteiger partial charge in [-0.2, -0.15) is 0 Å². The monoisotopic (exact) mass is 361 g/mol. The molecule has 1 rings (SSSR count). The van der Waals surface area contributed by atoms with E-state index in [4.69, 9.17) is 0 Å². The molecule has 0 aliphatic carbocycles. The van der Waals surface area contributed by atoms with Gasteiger partial charge < -0.3 is 15.5 Å². The molecule has 0 heterocycles. The predicted octanol–water partition coefficient (Wildman–Crippen LogP) is 4.05. The van der Waals surface area contributed by atoms with Crippen molar-refractivity contribution < 1.29 is 9.59 Å². The number of carbonyl (C=O) groups is 2. The molecule has 1 aromatic carbocycles. The highest BCUT2D eigenvalue weighted by Gasteiger charge is 2.24. The van der Waals surface area contributed by atoms with Gasteiger partial charge in [0.05, 0.1) is 0 Å². The Balaban J connectivity index is 2.78. The second-order valence-corrected chi connectivity index (χ2v) is 7.80. The van der Waals surface area contributed by atoms with Crippen LogP contribution >= 0.6 is 0 Å². The first-order valence-electron chi connectivity index (χ1n) is 9.62. The van der Waals surface area contributed by atoms with Gasteiger partial charge in [-0.1, -0.05) is 27.7 Å². The summed E-state index contributed by atoms with van der Waals surface area (Å²) in [4.78, 5) is 27.0. The lowest BCUT2D eigenvalue weighted by Gasteiger charge is -2.27. The summed E-state index contributed by atoms with van der Waals surface area (Å²) in [5.74, 6) is 0.0172. The molecule has 0 fully saturated rings. The van der Waals surface area contributed by atoms with Crippen molar-refractivity contribution in [2.45, 2.75) is 67.0 Å². The first kappa shape index (κ1) is 22.0. The predicted molar refractivity (Wildman–Crippen MR) is 109 cm³/mol. The fourth-order valence-corrected chi connectivity index (χ4v) is 2.94. The van der Waals surface area contributed by atoms with E-state index in [0.717, 1.165) is 17.9 Å². The lowest BCUT2D eigenvalue weighted by Crippen LogP contribution is -2.47. The summed E-state index contributed by atoms with van der Waals surface area (Å²) in [5, 5.41) is 5.79. The maximum atomic E-state index is 12.6. The second-order valence-electron chi connectivity index (χ2n) is 7.80. The molecule has 5 heteroatoms. The van der Waals surface area contributed by atoms with E-state index in [1.807, 2.05) is 52.0 Å². The molecule has 0 aliphatic heterocycles. The van der Waals surface area contributed by atoms with Crippen molar-refractivity contribution in [1.82, 2.24) is 5.32 Å². The van der Waals surface area contributed by atoms with E-state index in [-0.39, 0.29) is 23.7 Å². The van der Waals surface area contributed by atoms with Crippen LogP contribution in [-0.2, 0) is 9.59 Å². The van der Waals surface area contributed by atoms with Crippen LogP contribution in [0.3, 0.4) is 0 Å². The molecule has 1 unspecified atom stereocenters. The zero-order valence-electron chi connectivity index (χ0n) is 17.3. The maximum Gasteiger partial charge on any atom is 0.247 e. The molecule has 5 nitrogen and oxygen atoms in total. The topological polar surface area (TPSA) is 61.4 Å². The number of nitrogens with one attached hydrogen (secondary N) is 2. The van der Waals surface area contributed by atoms with E-state index in [1.54, 1.807) is 0 Å². The Labute approximate surface area is 158 Å². The van der Waals surface area contributed by atoms with Gasteiger partial charge in [0.15, 0.2) is 0 Å². The first-order chi connectivity index (χ1) is 12.1. The molecule has 0 saturated carbocycles. The van der Waals surface area contributed by atoms with Crippen molar-refractivity contribution in [2.75, 3.05) is 16.8 Å². The molecule has 2 amide bonds. The van der Waals surface area contributed by atoms with Crippen LogP contribution in [0.1, 0.15) is 54.9 Å². The van der Waals surface area contributed by atoms with Crippen molar-refractivity contribution in [3.8, 4) is 0 Å². The zero-order valence-corrected chi connectivity index (χ0v) is 17.3. The second kappa shape index (κ2) is 10.2. The van der Waals surface area contributed by atoms with E-state index < -0.39 is 6.04 Å². The molecule has 0 radical (unpaired) electrons. The number of hydrogen-bond donors (Lipinski definition) is 2. The van der Waals surface area contributed by atoms with Crippen molar-refractivity contribution in [3.63, 3.8) is 0 Å². The number of rotatable bonds is 9. The lowest BCUT2D eigenvalue weighted by atomic mass is 10.0. The third-order valence-corrected chi connectivity index (χ3v) is 4.29. The third-order valence-electron chi connectivity index (χ3n) is 4.29. The Morgan fingerprint density at radius 3 is 2.00 bits per heavy atom. The van der Waals surface area contributed by atoms with Gasteiger partial charge in [0.2, 0.25) is 11.8 Å². The average molecular weight is 362 g/mol. The highest BCUT2D eigenvalue weighted by molar-refractivity contribution is 5.97. The molecule has 0 bridgehead atoms. The van der Waals surface area contributed by atoms with E-state index >= 15 is 0 Å². The number of nitrogens with zero attached hydrogens (tertiary/aromatic N) is 1. The Hall–Kier alpha value is -2.04. The molecule has 0 aromatic heterocycles. The largest absolute Gasteiger partial charge is 0.369 e. The fourth-order valence-electron chi connectivity index (χ4n) is 2.94. The molecular formula is C21H35N3O2. The summed E-state index contributed by atoms with van der Waals surface area (Å²) >= 11 is 0. The van der Waals surface area contributed by atoms with Crippen LogP contribution in [0.2, 0.25) is 0 Å². The van der Waals surface area contributed by atoms with Gasteiger partial charge in [-0.3, -0.25) is 9.59 Å². The van der Waals surface area contributed by atoms with Crippen molar-refractivity contribution >= 4 is 23.2 Å². The minimum absolute atomic E-state index is 0.0157. The van der Waals surface area contributed by atoms with Gasteiger partial charge in [-0.15, -0.1) is 0 Å². The van der Waals surface area contributed by atoms with E-state index in [9.17, 15) is 9.59 Å². The summed E-state index contributed by atoms with van der Waals surface area (Å²) in [6, 6.07) is 7.73. The standard InChI is InChI=1S/C21H35N3O2/c1-8-24(16(6)7)18-11-9-17(10-12-18)22-21(26)20(15(4)5)23-19(25)13-14(2)3/h9-12,14-16,20H,8,13H2,1-7H3,(H,22,26)(H,23,25). The Morgan fingerprint density at radius 1 is 1.00 bits per heavy atom. The van der Waals surface area contributed by atoms with Crippen LogP contribution in [0, 0.1) is 11.8 Å². The fraction of sp³-hybridized carbons (Fsp3) is 0.619. The van der Waals surface area contributed by atoms with Crippen molar-refractivity contribution in [1.29, 1.82) is 0 Å². The lowest BCUT2D eigenvalue weighted by molar-refractivity contribution is -0.127. The number of benzene rings is 1. The molecule has 0 saturated heterocycles.